The minimum atomic E-state index is -0.0320. The molecule has 0 radical (unpaired) electrons. The molecule has 2 heterocycles. The Morgan fingerprint density at radius 3 is 2.81 bits per heavy atom. The molecule has 0 unspecified atom stereocenters. The summed E-state index contributed by atoms with van der Waals surface area (Å²) in [7, 11) is 0. The maximum absolute atomic E-state index is 12.9. The maximum atomic E-state index is 12.9. The van der Waals surface area contributed by atoms with Gasteiger partial charge in [0.2, 0.25) is 0 Å². The Morgan fingerprint density at radius 2 is 2.04 bits per heavy atom. The van der Waals surface area contributed by atoms with Crippen molar-refractivity contribution >= 4 is 17.5 Å². The third-order valence-corrected chi connectivity index (χ3v) is 4.46. The van der Waals surface area contributed by atoms with Gasteiger partial charge < -0.3 is 9.64 Å². The summed E-state index contributed by atoms with van der Waals surface area (Å²) in [6.45, 7) is 2.02. The van der Waals surface area contributed by atoms with Crippen molar-refractivity contribution in [3.8, 4) is 5.75 Å². The van der Waals surface area contributed by atoms with Gasteiger partial charge in [0.05, 0.1) is 13.1 Å². The van der Waals surface area contributed by atoms with E-state index in [0.29, 0.717) is 36.8 Å². The number of hydrogen-bond donors (Lipinski definition) is 0. The fourth-order valence-corrected chi connectivity index (χ4v) is 3.11. The Kier molecular flexibility index (Phi) is 4.53. The fourth-order valence-electron chi connectivity index (χ4n) is 2.91. The summed E-state index contributed by atoms with van der Waals surface area (Å²) in [5, 5.41) is 11.7. The van der Waals surface area contributed by atoms with Gasteiger partial charge in [0, 0.05) is 22.7 Å². The molecule has 0 saturated heterocycles. The molecule has 0 atom stereocenters. The van der Waals surface area contributed by atoms with Gasteiger partial charge >= 0.3 is 0 Å². The van der Waals surface area contributed by atoms with E-state index < -0.39 is 0 Å². The van der Waals surface area contributed by atoms with Crippen molar-refractivity contribution in [2.75, 3.05) is 13.2 Å². The van der Waals surface area contributed by atoms with Crippen LogP contribution in [0.1, 0.15) is 21.5 Å². The zero-order valence-electron chi connectivity index (χ0n) is 13.9. The molecule has 1 aliphatic heterocycles. The molecule has 0 saturated carbocycles. The van der Waals surface area contributed by atoms with E-state index >= 15 is 0 Å². The van der Waals surface area contributed by atoms with E-state index in [1.165, 1.54) is 0 Å². The first-order chi connectivity index (χ1) is 12.7. The van der Waals surface area contributed by atoms with Crippen LogP contribution in [0.4, 0.5) is 0 Å². The first-order valence-corrected chi connectivity index (χ1v) is 8.57. The summed E-state index contributed by atoms with van der Waals surface area (Å²) in [4.78, 5) is 14.7. The van der Waals surface area contributed by atoms with Gasteiger partial charge in [-0.15, -0.1) is 5.10 Å². The Labute approximate surface area is 155 Å². The van der Waals surface area contributed by atoms with Crippen LogP contribution in [0.25, 0.3) is 0 Å². The molecule has 8 heteroatoms. The van der Waals surface area contributed by atoms with E-state index in [1.54, 1.807) is 22.0 Å². The van der Waals surface area contributed by atoms with E-state index in [2.05, 4.69) is 15.5 Å². The van der Waals surface area contributed by atoms with Crippen molar-refractivity contribution in [1.82, 2.24) is 25.1 Å². The second kappa shape index (κ2) is 7.13. The third-order valence-electron chi connectivity index (χ3n) is 4.23. The molecule has 1 amide bonds. The lowest BCUT2D eigenvalue weighted by atomic mass is 10.1. The standard InChI is InChI=1S/C18H16ClN5O2/c19-16-5-6-17-15(9-16)11-23(7-8-26-17)18(25)14-3-1-13(2-4-14)10-24-12-20-21-22-24/h1-6,9,12H,7-8,10-11H2. The van der Waals surface area contributed by atoms with Crippen LogP contribution < -0.4 is 4.74 Å². The number of fused-ring (bicyclic) bond motifs is 1. The van der Waals surface area contributed by atoms with Crippen molar-refractivity contribution < 1.29 is 9.53 Å². The number of ether oxygens (including phenoxy) is 1. The minimum Gasteiger partial charge on any atom is -0.491 e. The fraction of sp³-hybridized carbons (Fsp3) is 0.222. The molecular weight excluding hydrogens is 354 g/mol. The summed E-state index contributed by atoms with van der Waals surface area (Å²) in [6, 6.07) is 13.0. The highest BCUT2D eigenvalue weighted by Gasteiger charge is 2.21. The highest BCUT2D eigenvalue weighted by Crippen LogP contribution is 2.27. The molecule has 0 aliphatic carbocycles. The highest BCUT2D eigenvalue weighted by molar-refractivity contribution is 6.30. The number of tetrazole rings is 1. The first-order valence-electron chi connectivity index (χ1n) is 8.19. The van der Waals surface area contributed by atoms with Crippen LogP contribution in [0.5, 0.6) is 5.75 Å². The first kappa shape index (κ1) is 16.5. The number of benzene rings is 2. The quantitative estimate of drug-likeness (QED) is 0.708. The zero-order valence-corrected chi connectivity index (χ0v) is 14.6. The molecule has 0 N–H and O–H groups in total. The van der Waals surface area contributed by atoms with Crippen LogP contribution in [0.3, 0.4) is 0 Å². The summed E-state index contributed by atoms with van der Waals surface area (Å²) in [6.07, 6.45) is 1.55. The molecule has 7 nitrogen and oxygen atoms in total. The van der Waals surface area contributed by atoms with Gasteiger partial charge in [-0.1, -0.05) is 23.7 Å². The number of nitrogens with zero attached hydrogens (tertiary/aromatic N) is 5. The number of hydrogen-bond acceptors (Lipinski definition) is 5. The number of halogens is 1. The van der Waals surface area contributed by atoms with Crippen LogP contribution in [-0.4, -0.2) is 44.2 Å². The average molecular weight is 370 g/mol. The van der Waals surface area contributed by atoms with E-state index in [4.69, 9.17) is 16.3 Å². The van der Waals surface area contributed by atoms with Gasteiger partial charge in [0.25, 0.3) is 5.91 Å². The number of rotatable bonds is 3. The van der Waals surface area contributed by atoms with Gasteiger partial charge in [0.1, 0.15) is 18.7 Å². The summed E-state index contributed by atoms with van der Waals surface area (Å²) in [5.41, 5.74) is 2.57. The minimum absolute atomic E-state index is 0.0320. The van der Waals surface area contributed by atoms with Gasteiger partial charge in [-0.3, -0.25) is 4.79 Å². The molecule has 0 spiro atoms. The number of aromatic nitrogens is 4. The van der Waals surface area contributed by atoms with E-state index in [0.717, 1.165) is 16.9 Å². The van der Waals surface area contributed by atoms with Crippen molar-refractivity contribution in [3.05, 3.63) is 70.5 Å². The van der Waals surface area contributed by atoms with Crippen molar-refractivity contribution in [2.45, 2.75) is 13.1 Å². The summed E-state index contributed by atoms with van der Waals surface area (Å²) in [5.74, 6) is 0.747. The molecule has 4 rings (SSSR count). The van der Waals surface area contributed by atoms with Gasteiger partial charge in [-0.2, -0.15) is 0 Å². The second-order valence-corrected chi connectivity index (χ2v) is 6.47. The van der Waals surface area contributed by atoms with E-state index in [-0.39, 0.29) is 5.91 Å². The van der Waals surface area contributed by atoms with Crippen molar-refractivity contribution in [2.24, 2.45) is 0 Å². The maximum Gasteiger partial charge on any atom is 0.254 e. The third kappa shape index (κ3) is 3.52. The molecule has 3 aromatic rings. The molecular formula is C18H16ClN5O2. The molecule has 1 aliphatic rings. The SMILES string of the molecule is O=C(c1ccc(Cn2cnnn2)cc1)N1CCOc2ccc(Cl)cc2C1. The Morgan fingerprint density at radius 1 is 1.19 bits per heavy atom. The largest absolute Gasteiger partial charge is 0.491 e. The van der Waals surface area contributed by atoms with E-state index in [1.807, 2.05) is 36.4 Å². The molecule has 1 aromatic heterocycles. The predicted octanol–water partition coefficient (Wildman–Crippen LogP) is 2.41. The smallest absolute Gasteiger partial charge is 0.254 e. The van der Waals surface area contributed by atoms with Gasteiger partial charge in [-0.05, 0) is 46.3 Å². The molecule has 0 fully saturated rings. The Hall–Kier alpha value is -2.93. The van der Waals surface area contributed by atoms with E-state index in [9.17, 15) is 4.79 Å². The van der Waals surface area contributed by atoms with Gasteiger partial charge in [0.15, 0.2) is 0 Å². The lowest BCUT2D eigenvalue weighted by Crippen LogP contribution is -2.32. The molecule has 132 valence electrons. The second-order valence-electron chi connectivity index (χ2n) is 6.03. The van der Waals surface area contributed by atoms with Crippen LogP contribution in [0.15, 0.2) is 48.8 Å². The molecule has 26 heavy (non-hydrogen) atoms. The van der Waals surface area contributed by atoms with Crippen molar-refractivity contribution in [3.63, 3.8) is 0 Å². The number of carbonyl (C=O) groups excluding carboxylic acids is 1. The van der Waals surface area contributed by atoms with Gasteiger partial charge in [-0.25, -0.2) is 4.68 Å². The lowest BCUT2D eigenvalue weighted by Gasteiger charge is -2.20. The topological polar surface area (TPSA) is 73.1 Å². The van der Waals surface area contributed by atoms with Crippen LogP contribution in [0.2, 0.25) is 5.02 Å². The zero-order chi connectivity index (χ0) is 17.9. The Balaban J connectivity index is 1.50. The van der Waals surface area contributed by atoms with Crippen LogP contribution in [0, 0.1) is 0 Å². The summed E-state index contributed by atoms with van der Waals surface area (Å²) >= 11 is 6.07. The highest BCUT2D eigenvalue weighted by atomic mass is 35.5. The van der Waals surface area contributed by atoms with Crippen LogP contribution in [-0.2, 0) is 13.1 Å². The van der Waals surface area contributed by atoms with Crippen molar-refractivity contribution in [1.29, 1.82) is 0 Å². The molecule has 2 aromatic carbocycles. The number of amides is 1. The number of carbonyl (C=O) groups is 1. The summed E-state index contributed by atoms with van der Waals surface area (Å²) < 4.78 is 7.35. The Bertz CT molecular complexity index is 912. The van der Waals surface area contributed by atoms with Crippen LogP contribution >= 0.6 is 11.6 Å². The predicted molar refractivity (Wildman–Crippen MR) is 95.0 cm³/mol. The molecule has 0 bridgehead atoms. The average Bonchev–Trinajstić information content (AvgIpc) is 3.06. The lowest BCUT2D eigenvalue weighted by molar-refractivity contribution is 0.0733. The monoisotopic (exact) mass is 369 g/mol. The normalized spacial score (nSPS) is 13.7.